The third kappa shape index (κ3) is 3.86. The Kier molecular flexibility index (Phi) is 4.34. The van der Waals surface area contributed by atoms with Gasteiger partial charge in [-0.25, -0.2) is 8.78 Å². The molecule has 1 saturated heterocycles. The van der Waals surface area contributed by atoms with Crippen molar-refractivity contribution in [2.24, 2.45) is 5.11 Å². The van der Waals surface area contributed by atoms with Crippen molar-refractivity contribution in [1.29, 1.82) is 0 Å². The average molecular weight is 302 g/mol. The fourth-order valence-corrected chi connectivity index (χ4v) is 2.25. The van der Waals surface area contributed by atoms with Gasteiger partial charge in [0.1, 0.15) is 11.9 Å². The van der Waals surface area contributed by atoms with E-state index in [9.17, 15) is 18.9 Å². The molecule has 1 aromatic rings. The minimum absolute atomic E-state index is 0.0884. The highest BCUT2D eigenvalue weighted by Crippen LogP contribution is 2.33. The van der Waals surface area contributed by atoms with Crippen LogP contribution in [0.1, 0.15) is 18.5 Å². The van der Waals surface area contributed by atoms with Gasteiger partial charge in [-0.1, -0.05) is 5.11 Å². The Balaban J connectivity index is 2.11. The van der Waals surface area contributed by atoms with E-state index in [1.54, 1.807) is 0 Å². The van der Waals surface area contributed by atoms with Crippen molar-refractivity contribution < 1.29 is 18.4 Å². The molecule has 2 unspecified atom stereocenters. The molecule has 2 atom stereocenters. The molecule has 0 bridgehead atoms. The van der Waals surface area contributed by atoms with Gasteiger partial charge in [0.25, 0.3) is 5.92 Å². The Labute approximate surface area is 117 Å². The summed E-state index contributed by atoms with van der Waals surface area (Å²) in [7, 11) is 0. The average Bonchev–Trinajstić information content (AvgIpc) is 2.77. The van der Waals surface area contributed by atoms with Gasteiger partial charge in [-0.3, -0.25) is 15.2 Å². The quantitative estimate of drug-likeness (QED) is 0.301. The van der Waals surface area contributed by atoms with E-state index in [1.165, 1.54) is 0 Å². The smallest absolute Gasteiger partial charge is 0.309 e. The van der Waals surface area contributed by atoms with Gasteiger partial charge in [-0.2, -0.15) is 5.10 Å². The molecule has 1 aliphatic rings. The molecule has 0 aromatic carbocycles. The minimum atomic E-state index is -3.06. The van der Waals surface area contributed by atoms with E-state index in [1.807, 2.05) is 0 Å². The maximum Gasteiger partial charge on any atom is 0.309 e. The summed E-state index contributed by atoms with van der Waals surface area (Å²) in [6.45, 7) is -0.147. The van der Waals surface area contributed by atoms with Crippen LogP contribution in [-0.2, 0) is 11.2 Å². The van der Waals surface area contributed by atoms with Crippen molar-refractivity contribution >= 4 is 5.69 Å². The highest BCUT2D eigenvalue weighted by Gasteiger charge is 2.39. The second-order valence-electron chi connectivity index (χ2n) is 4.77. The first-order valence-corrected chi connectivity index (χ1v) is 6.11. The molecule has 1 aromatic heterocycles. The van der Waals surface area contributed by atoms with Crippen LogP contribution in [0.2, 0.25) is 0 Å². The highest BCUT2D eigenvalue weighted by molar-refractivity contribution is 5.32. The summed E-state index contributed by atoms with van der Waals surface area (Å²) >= 11 is 0. The monoisotopic (exact) mass is 302 g/mol. The number of hydrogen-bond acceptors (Lipinski definition) is 5. The third-order valence-corrected chi connectivity index (χ3v) is 3.12. The summed E-state index contributed by atoms with van der Waals surface area (Å²) in [5.74, 6) is -3.06. The van der Waals surface area contributed by atoms with Gasteiger partial charge in [-0.05, 0) is 5.53 Å². The number of nitro groups is 1. The van der Waals surface area contributed by atoms with E-state index in [4.69, 9.17) is 10.3 Å². The van der Waals surface area contributed by atoms with Crippen LogP contribution >= 0.6 is 0 Å². The number of rotatable bonds is 4. The standard InChI is InChI=1S/C10H12F2N6O3/c11-10(12)2-6(15-17-13)5-21-7(3-10)1-8-9(18(19)20)4-14-16-8/h4,6-7H,1-3,5H2,(H,14,16). The lowest BCUT2D eigenvalue weighted by molar-refractivity contribution is -0.385. The number of hydrogen-bond donors (Lipinski definition) is 1. The first-order valence-electron chi connectivity index (χ1n) is 6.11. The van der Waals surface area contributed by atoms with Gasteiger partial charge in [0.15, 0.2) is 0 Å². The summed E-state index contributed by atoms with van der Waals surface area (Å²) in [6.07, 6.45) is -1.18. The Hall–Kier alpha value is -2.26. The molecule has 21 heavy (non-hydrogen) atoms. The molecule has 2 rings (SSSR count). The van der Waals surface area contributed by atoms with E-state index >= 15 is 0 Å². The molecule has 0 aliphatic carbocycles. The van der Waals surface area contributed by atoms with Gasteiger partial charge in [-0.15, -0.1) is 0 Å². The maximum absolute atomic E-state index is 13.8. The zero-order chi connectivity index (χ0) is 15.5. The number of aromatic nitrogens is 2. The number of H-pyrrole nitrogens is 1. The lowest BCUT2D eigenvalue weighted by Gasteiger charge is -2.18. The first-order chi connectivity index (χ1) is 9.91. The zero-order valence-corrected chi connectivity index (χ0v) is 10.8. The highest BCUT2D eigenvalue weighted by atomic mass is 19.3. The summed E-state index contributed by atoms with van der Waals surface area (Å²) in [4.78, 5) is 12.6. The second-order valence-corrected chi connectivity index (χ2v) is 4.77. The van der Waals surface area contributed by atoms with Crippen LogP contribution in [0, 0.1) is 10.1 Å². The topological polar surface area (TPSA) is 130 Å². The Morgan fingerprint density at radius 2 is 2.43 bits per heavy atom. The fraction of sp³-hybridized carbons (Fsp3) is 0.700. The van der Waals surface area contributed by atoms with Crippen molar-refractivity contribution in [3.8, 4) is 0 Å². The van der Waals surface area contributed by atoms with Crippen LogP contribution < -0.4 is 0 Å². The number of aromatic amines is 1. The predicted molar refractivity (Wildman–Crippen MR) is 65.8 cm³/mol. The molecule has 11 heteroatoms. The molecule has 1 N–H and O–H groups in total. The van der Waals surface area contributed by atoms with Gasteiger partial charge in [0.05, 0.1) is 23.7 Å². The van der Waals surface area contributed by atoms with E-state index in [0.717, 1.165) is 6.20 Å². The van der Waals surface area contributed by atoms with Gasteiger partial charge in [0.2, 0.25) is 0 Å². The number of ether oxygens (including phenoxy) is 1. The Bertz CT molecular complexity index is 571. The number of halogens is 2. The van der Waals surface area contributed by atoms with Crippen LogP contribution in [0.3, 0.4) is 0 Å². The SMILES string of the molecule is [N-]=[N+]=NC1COC(Cc2[nH]ncc2[N+](=O)[O-])CC(F)(F)C1. The lowest BCUT2D eigenvalue weighted by atomic mass is 10.0. The van der Waals surface area contributed by atoms with E-state index in [0.29, 0.717) is 0 Å². The molecule has 0 saturated carbocycles. The Morgan fingerprint density at radius 1 is 1.67 bits per heavy atom. The molecule has 0 amide bonds. The molecule has 2 heterocycles. The molecule has 1 aliphatic heterocycles. The van der Waals surface area contributed by atoms with Gasteiger partial charge < -0.3 is 4.74 Å². The largest absolute Gasteiger partial charge is 0.377 e. The van der Waals surface area contributed by atoms with Crippen LogP contribution in [0.5, 0.6) is 0 Å². The molecule has 1 fully saturated rings. The zero-order valence-electron chi connectivity index (χ0n) is 10.8. The molecule has 0 radical (unpaired) electrons. The molecule has 9 nitrogen and oxygen atoms in total. The van der Waals surface area contributed by atoms with E-state index in [-0.39, 0.29) is 24.4 Å². The second kappa shape index (κ2) is 6.02. The van der Waals surface area contributed by atoms with Crippen LogP contribution in [0.25, 0.3) is 10.4 Å². The number of nitrogens with one attached hydrogen (secondary N) is 1. The van der Waals surface area contributed by atoms with Crippen molar-refractivity contribution in [2.45, 2.75) is 37.3 Å². The number of azide groups is 1. The van der Waals surface area contributed by atoms with Crippen LogP contribution in [0.4, 0.5) is 14.5 Å². The predicted octanol–water partition coefficient (Wildman–Crippen LogP) is 2.35. The minimum Gasteiger partial charge on any atom is -0.377 e. The summed E-state index contributed by atoms with van der Waals surface area (Å²) in [6, 6.07) is -0.952. The summed E-state index contributed by atoms with van der Waals surface area (Å²) in [5.41, 5.74) is 8.18. The first kappa shape index (κ1) is 15.1. The van der Waals surface area contributed by atoms with Crippen LogP contribution in [-0.4, -0.2) is 39.8 Å². The van der Waals surface area contributed by atoms with Crippen molar-refractivity contribution in [2.75, 3.05) is 6.61 Å². The van der Waals surface area contributed by atoms with E-state index in [2.05, 4.69) is 20.2 Å². The lowest BCUT2D eigenvalue weighted by Crippen LogP contribution is -2.25. The third-order valence-electron chi connectivity index (χ3n) is 3.12. The van der Waals surface area contributed by atoms with Crippen molar-refractivity contribution in [3.63, 3.8) is 0 Å². The summed E-state index contributed by atoms with van der Waals surface area (Å²) in [5, 5.41) is 20.0. The molecular formula is C10H12F2N6O3. The van der Waals surface area contributed by atoms with Gasteiger partial charge in [0, 0.05) is 24.2 Å². The fourth-order valence-electron chi connectivity index (χ4n) is 2.25. The van der Waals surface area contributed by atoms with E-state index < -0.39 is 35.8 Å². The molecular weight excluding hydrogens is 290 g/mol. The Morgan fingerprint density at radius 3 is 3.10 bits per heavy atom. The molecule has 0 spiro atoms. The maximum atomic E-state index is 13.8. The number of alkyl halides is 2. The van der Waals surface area contributed by atoms with Crippen molar-refractivity contribution in [3.05, 3.63) is 32.4 Å². The summed E-state index contributed by atoms with van der Waals surface area (Å²) < 4.78 is 32.8. The molecule has 114 valence electrons. The number of nitrogens with zero attached hydrogens (tertiary/aromatic N) is 5. The van der Waals surface area contributed by atoms with Crippen molar-refractivity contribution in [1.82, 2.24) is 10.2 Å². The van der Waals surface area contributed by atoms with Crippen LogP contribution in [0.15, 0.2) is 11.3 Å². The van der Waals surface area contributed by atoms with Gasteiger partial charge >= 0.3 is 5.69 Å². The normalized spacial score (nSPS) is 24.9.